The number of nitrogens with zero attached hydrogens (tertiary/aromatic N) is 1. The summed E-state index contributed by atoms with van der Waals surface area (Å²) >= 11 is 0. The number of rotatable bonds is 13. The van der Waals surface area contributed by atoms with Crippen LogP contribution in [-0.2, 0) is 38.1 Å². The van der Waals surface area contributed by atoms with Gasteiger partial charge in [0.15, 0.2) is 0 Å². The molecule has 0 saturated heterocycles. The van der Waals surface area contributed by atoms with Crippen LogP contribution in [0.4, 0.5) is 0 Å². The molecule has 0 heterocycles. The Labute approximate surface area is 274 Å². The van der Waals surface area contributed by atoms with Crippen LogP contribution in [0.15, 0.2) is 0 Å². The van der Waals surface area contributed by atoms with E-state index < -0.39 is 23.3 Å². The van der Waals surface area contributed by atoms with Crippen molar-refractivity contribution in [1.29, 1.82) is 0 Å². The van der Waals surface area contributed by atoms with Crippen LogP contribution in [0.2, 0.25) is 0 Å². The number of hydrogen-bond donors (Lipinski definition) is 3. The molecule has 12 nitrogen and oxygen atoms in total. The van der Waals surface area contributed by atoms with Gasteiger partial charge in [-0.15, -0.1) is 0 Å². The molecule has 0 aliphatic heterocycles. The van der Waals surface area contributed by atoms with Crippen LogP contribution in [0.1, 0.15) is 78.6 Å². The average molecular weight is 651 g/mol. The highest BCUT2D eigenvalue weighted by atomic mass is 16.6. The summed E-state index contributed by atoms with van der Waals surface area (Å²) in [5.41, 5.74) is 16.5. The minimum Gasteiger partial charge on any atom is -0.464 e. The molecule has 0 radical (unpaired) electrons. The smallest absolute Gasteiger partial charge is 0.319 e. The number of carbonyl (C=O) groups is 4. The molecule has 4 aliphatic carbocycles. The first-order chi connectivity index (χ1) is 21.8. The van der Waals surface area contributed by atoms with E-state index in [1.54, 1.807) is 0 Å². The minimum atomic E-state index is -0.427. The molecule has 3 unspecified atom stereocenters. The second-order valence-corrected chi connectivity index (χ2v) is 15.1. The topological polar surface area (TPSA) is 186 Å². The van der Waals surface area contributed by atoms with E-state index in [2.05, 4.69) is 20.8 Å². The fourth-order valence-electron chi connectivity index (χ4n) is 10.1. The van der Waals surface area contributed by atoms with Crippen LogP contribution in [-0.4, -0.2) is 94.0 Å². The second kappa shape index (κ2) is 15.3. The molecule has 0 aromatic rings. The molecule has 4 rings (SSSR count). The molecular formula is C34H58N4O8. The number of esters is 4. The first kappa shape index (κ1) is 36.6. The standard InChI is InChI=1S/C34H58N4O8/c1-20(6-9-28(39)43-13-12-38(4)5)23-7-8-24-32-25(16-27(34(23,24)3)46-31(42)19-37)33(2)11-10-22(44-29(40)17-35)14-21(33)15-26(32)45-30(41)18-36/h20-27,32H,6-19,35-37H2,1-5H3/t20-,21?,22-,23?,24+,25+,26-,27+,32?,33+,34-/m1/s1. The zero-order chi connectivity index (χ0) is 33.8. The van der Waals surface area contributed by atoms with Gasteiger partial charge in [0.2, 0.25) is 0 Å². The molecule has 6 N–H and O–H groups in total. The van der Waals surface area contributed by atoms with Crippen molar-refractivity contribution in [3.63, 3.8) is 0 Å². The molecule has 0 spiro atoms. The third kappa shape index (κ3) is 7.55. The van der Waals surface area contributed by atoms with E-state index in [1.807, 2.05) is 19.0 Å². The van der Waals surface area contributed by atoms with Gasteiger partial charge in [0.1, 0.15) is 24.9 Å². The van der Waals surface area contributed by atoms with Crippen molar-refractivity contribution in [3.8, 4) is 0 Å². The van der Waals surface area contributed by atoms with Gasteiger partial charge in [0, 0.05) is 24.3 Å². The highest BCUT2D eigenvalue weighted by molar-refractivity contribution is 5.72. The number of hydrogen-bond acceptors (Lipinski definition) is 12. The number of nitrogens with two attached hydrogens (primary N) is 3. The fourth-order valence-corrected chi connectivity index (χ4v) is 10.1. The van der Waals surface area contributed by atoms with E-state index in [9.17, 15) is 19.2 Å². The SMILES string of the molecule is C[C@H](CCC(=O)OCCN(C)C)C1CC[C@H]2C3[C@H](OC(=O)CN)CC4C[C@H](OC(=O)CN)CC[C@]4(C)[C@H]3C[C@H](OC(=O)CN)[C@]12C. The predicted molar refractivity (Wildman–Crippen MR) is 171 cm³/mol. The maximum absolute atomic E-state index is 12.8. The first-order valence-corrected chi connectivity index (χ1v) is 17.3. The Morgan fingerprint density at radius 2 is 1.48 bits per heavy atom. The summed E-state index contributed by atoms with van der Waals surface area (Å²) in [5, 5.41) is 0. The molecule has 4 aliphatic rings. The summed E-state index contributed by atoms with van der Waals surface area (Å²) in [5.74, 6) is -0.660. The van der Waals surface area contributed by atoms with Gasteiger partial charge < -0.3 is 41.0 Å². The number of likely N-dealkylation sites (N-methyl/N-ethyl adjacent to an activating group) is 1. The monoisotopic (exact) mass is 650 g/mol. The normalized spacial score (nSPS) is 37.3. The Bertz CT molecular complexity index is 1110. The Hall–Kier alpha value is -2.28. The van der Waals surface area contributed by atoms with E-state index >= 15 is 0 Å². The van der Waals surface area contributed by atoms with Crippen LogP contribution in [0.3, 0.4) is 0 Å². The Morgan fingerprint density at radius 3 is 2.13 bits per heavy atom. The van der Waals surface area contributed by atoms with Crippen molar-refractivity contribution < 1.29 is 38.1 Å². The zero-order valence-electron chi connectivity index (χ0n) is 28.5. The lowest BCUT2D eigenvalue weighted by Crippen LogP contribution is -2.63. The van der Waals surface area contributed by atoms with Crippen molar-refractivity contribution in [2.75, 3.05) is 46.9 Å². The van der Waals surface area contributed by atoms with E-state index in [0.717, 1.165) is 25.7 Å². The van der Waals surface area contributed by atoms with Gasteiger partial charge in [-0.1, -0.05) is 20.8 Å². The van der Waals surface area contributed by atoms with Crippen molar-refractivity contribution in [3.05, 3.63) is 0 Å². The van der Waals surface area contributed by atoms with Crippen molar-refractivity contribution in [2.24, 2.45) is 63.5 Å². The van der Waals surface area contributed by atoms with Crippen LogP contribution in [0, 0.1) is 46.3 Å². The van der Waals surface area contributed by atoms with Crippen LogP contribution in [0.25, 0.3) is 0 Å². The summed E-state index contributed by atoms with van der Waals surface area (Å²) < 4.78 is 23.6. The number of ether oxygens (including phenoxy) is 4. The molecule has 11 atom stereocenters. The number of fused-ring (bicyclic) bond motifs is 5. The molecule has 4 saturated carbocycles. The molecule has 0 bridgehead atoms. The molecule has 12 heteroatoms. The highest BCUT2D eigenvalue weighted by Crippen LogP contribution is 2.69. The minimum absolute atomic E-state index is 0.0610. The summed E-state index contributed by atoms with van der Waals surface area (Å²) in [7, 11) is 3.88. The van der Waals surface area contributed by atoms with Gasteiger partial charge in [-0.3, -0.25) is 19.2 Å². The second-order valence-electron chi connectivity index (χ2n) is 15.1. The molecule has 262 valence electrons. The Kier molecular flexibility index (Phi) is 12.2. The lowest BCUT2D eigenvalue weighted by Gasteiger charge is -2.64. The largest absolute Gasteiger partial charge is 0.464 e. The number of carbonyl (C=O) groups excluding carboxylic acids is 4. The Morgan fingerprint density at radius 1 is 0.826 bits per heavy atom. The van der Waals surface area contributed by atoms with Gasteiger partial charge in [-0.2, -0.15) is 0 Å². The lowest BCUT2D eigenvalue weighted by atomic mass is 9.43. The third-order valence-electron chi connectivity index (χ3n) is 12.4. The molecule has 0 amide bonds. The van der Waals surface area contributed by atoms with E-state index in [-0.39, 0.29) is 84.8 Å². The third-order valence-corrected chi connectivity index (χ3v) is 12.4. The molecule has 0 aromatic carbocycles. The van der Waals surface area contributed by atoms with Gasteiger partial charge in [0.25, 0.3) is 0 Å². The maximum Gasteiger partial charge on any atom is 0.319 e. The predicted octanol–water partition coefficient (Wildman–Crippen LogP) is 2.00. The summed E-state index contributed by atoms with van der Waals surface area (Å²) in [6.07, 6.45) is 5.43. The molecule has 4 fully saturated rings. The quantitative estimate of drug-likeness (QED) is 0.195. The van der Waals surface area contributed by atoms with Gasteiger partial charge in [-0.05, 0) is 100 Å². The van der Waals surface area contributed by atoms with E-state index in [4.69, 9.17) is 36.1 Å². The highest BCUT2D eigenvalue weighted by Gasteiger charge is 2.67. The summed E-state index contributed by atoms with van der Waals surface area (Å²) in [6, 6.07) is 0. The first-order valence-electron chi connectivity index (χ1n) is 17.3. The molecule has 0 aromatic heterocycles. The van der Waals surface area contributed by atoms with Gasteiger partial charge in [-0.25, -0.2) is 0 Å². The average Bonchev–Trinajstić information content (AvgIpc) is 3.38. The van der Waals surface area contributed by atoms with Crippen molar-refractivity contribution in [1.82, 2.24) is 4.90 Å². The van der Waals surface area contributed by atoms with E-state index in [0.29, 0.717) is 45.3 Å². The van der Waals surface area contributed by atoms with Crippen LogP contribution >= 0.6 is 0 Å². The lowest BCUT2D eigenvalue weighted by molar-refractivity contribution is -0.225. The summed E-state index contributed by atoms with van der Waals surface area (Å²) in [4.78, 5) is 52.2. The Balaban J connectivity index is 1.63. The van der Waals surface area contributed by atoms with Gasteiger partial charge in [0.05, 0.1) is 19.6 Å². The summed E-state index contributed by atoms with van der Waals surface area (Å²) in [6.45, 7) is 7.23. The molecule has 46 heavy (non-hydrogen) atoms. The van der Waals surface area contributed by atoms with Crippen LogP contribution < -0.4 is 17.2 Å². The zero-order valence-corrected chi connectivity index (χ0v) is 28.5. The fraction of sp³-hybridized carbons (Fsp3) is 0.882. The van der Waals surface area contributed by atoms with Gasteiger partial charge >= 0.3 is 23.9 Å². The molecular weight excluding hydrogens is 592 g/mol. The van der Waals surface area contributed by atoms with E-state index in [1.165, 1.54) is 0 Å². The maximum atomic E-state index is 12.8. The van der Waals surface area contributed by atoms with Crippen molar-refractivity contribution in [2.45, 2.75) is 96.9 Å². The van der Waals surface area contributed by atoms with Crippen LogP contribution in [0.5, 0.6) is 0 Å². The van der Waals surface area contributed by atoms with Crippen molar-refractivity contribution >= 4 is 23.9 Å².